The van der Waals surface area contributed by atoms with E-state index in [2.05, 4.69) is 26.3 Å². The van der Waals surface area contributed by atoms with E-state index in [0.29, 0.717) is 12.2 Å². The summed E-state index contributed by atoms with van der Waals surface area (Å²) in [4.78, 5) is 101. The molecular weight excluding hydrogens is 644 g/mol. The zero-order chi connectivity index (χ0) is 36.1. The van der Waals surface area contributed by atoms with E-state index in [9.17, 15) is 43.5 Å². The number of aliphatic carboxylic acids is 2. The van der Waals surface area contributed by atoms with E-state index in [-0.39, 0.29) is 51.0 Å². The number of hydrogen-bond donors (Lipinski definition) is 11. The zero-order valence-corrected chi connectivity index (χ0v) is 26.9. The quantitative estimate of drug-likeness (QED) is 0.0245. The van der Waals surface area contributed by atoms with Crippen molar-refractivity contribution in [2.24, 2.45) is 33.7 Å². The van der Waals surface area contributed by atoms with E-state index >= 15 is 0 Å². The molecule has 0 heterocycles. The van der Waals surface area contributed by atoms with Crippen LogP contribution in [0.5, 0.6) is 0 Å². The highest BCUT2D eigenvalue weighted by molar-refractivity contribution is 7.98. The third kappa shape index (κ3) is 19.5. The van der Waals surface area contributed by atoms with Gasteiger partial charge in [0.2, 0.25) is 35.4 Å². The fourth-order valence-electron chi connectivity index (χ4n) is 3.89. The van der Waals surface area contributed by atoms with Crippen molar-refractivity contribution in [1.82, 2.24) is 21.3 Å². The molecule has 0 bridgehead atoms. The first-order valence-corrected chi connectivity index (χ1v) is 15.9. The second-order valence-electron chi connectivity index (χ2n) is 10.4. The van der Waals surface area contributed by atoms with Gasteiger partial charge in [0.15, 0.2) is 5.96 Å². The first kappa shape index (κ1) is 42.3. The zero-order valence-electron chi connectivity index (χ0n) is 26.1. The standard InChI is InChI=1S/C26H46N10O10S/c1-47-12-10-16(24(44)34-15(6-9-20(39)40)23(43)36-17(25(45)46)5-8-19(29)38)35-22(42)14(4-7-18(28)37)33-21(41)13(27)3-2-11-32-26(30)31/h13-17H,2-12,27H2,1H3,(H2,28,37)(H2,29,38)(H,33,41)(H,34,44)(H,35,42)(H,36,43)(H,39,40)(H,45,46)(H4,30,31,32)/t13-,14-,15-,16+,17-/m0/s1. The Balaban J connectivity index is 5.91. The Hall–Kier alpha value is -4.66. The molecular formula is C26H46N10O10S. The minimum atomic E-state index is -1.57. The van der Waals surface area contributed by atoms with E-state index < -0.39 is 90.4 Å². The molecule has 21 heteroatoms. The SMILES string of the molecule is CSCC[C@@H](NC(=O)[C@H](CCC(N)=O)NC(=O)[C@@H](N)CCCN=C(N)N)C(=O)N[C@@H](CCC(=O)O)C(=O)N[C@@H](CCC(N)=O)C(=O)O. The molecule has 0 saturated heterocycles. The van der Waals surface area contributed by atoms with Gasteiger partial charge in [-0.3, -0.25) is 38.6 Å². The number of guanidine groups is 1. The predicted octanol–water partition coefficient (Wildman–Crippen LogP) is -4.46. The fraction of sp³-hybridized carbons (Fsp3) is 0.654. The van der Waals surface area contributed by atoms with Crippen LogP contribution >= 0.6 is 11.8 Å². The van der Waals surface area contributed by atoms with Gasteiger partial charge in [-0.25, -0.2) is 4.79 Å². The van der Waals surface area contributed by atoms with Crippen molar-refractivity contribution in [2.45, 2.75) is 88.0 Å². The van der Waals surface area contributed by atoms with Crippen LogP contribution in [0.3, 0.4) is 0 Å². The van der Waals surface area contributed by atoms with Crippen molar-refractivity contribution in [2.75, 3.05) is 18.6 Å². The van der Waals surface area contributed by atoms with Crippen LogP contribution < -0.4 is 49.9 Å². The van der Waals surface area contributed by atoms with Crippen LogP contribution in [0.2, 0.25) is 0 Å². The molecule has 266 valence electrons. The summed E-state index contributed by atoms with van der Waals surface area (Å²) >= 11 is 1.32. The van der Waals surface area contributed by atoms with Crippen LogP contribution in [0, 0.1) is 0 Å². The minimum absolute atomic E-state index is 0.0170. The summed E-state index contributed by atoms with van der Waals surface area (Å²) in [5.74, 6) is -7.77. The highest BCUT2D eigenvalue weighted by Crippen LogP contribution is 2.08. The summed E-state index contributed by atoms with van der Waals surface area (Å²) in [7, 11) is 0. The Morgan fingerprint density at radius 2 is 1.06 bits per heavy atom. The number of nitrogens with zero attached hydrogens (tertiary/aromatic N) is 1. The van der Waals surface area contributed by atoms with Crippen molar-refractivity contribution in [3.8, 4) is 0 Å². The highest BCUT2D eigenvalue weighted by atomic mass is 32.2. The number of rotatable bonds is 25. The molecule has 0 fully saturated rings. The summed E-state index contributed by atoms with van der Waals surface area (Å²) in [6.07, 6.45) is -0.0843. The first-order valence-electron chi connectivity index (χ1n) is 14.5. The van der Waals surface area contributed by atoms with Crippen molar-refractivity contribution in [3.05, 3.63) is 0 Å². The van der Waals surface area contributed by atoms with Gasteiger partial charge >= 0.3 is 11.9 Å². The number of nitrogens with one attached hydrogen (secondary N) is 4. The summed E-state index contributed by atoms with van der Waals surface area (Å²) < 4.78 is 0. The van der Waals surface area contributed by atoms with E-state index in [1.807, 2.05) is 0 Å². The number of nitrogens with two attached hydrogens (primary N) is 5. The van der Waals surface area contributed by atoms with E-state index in [1.54, 1.807) is 6.26 Å². The van der Waals surface area contributed by atoms with E-state index in [4.69, 9.17) is 33.8 Å². The topological polar surface area (TPSA) is 368 Å². The predicted molar refractivity (Wildman–Crippen MR) is 170 cm³/mol. The number of aliphatic imine (C=N–C) groups is 1. The highest BCUT2D eigenvalue weighted by Gasteiger charge is 2.32. The average Bonchev–Trinajstić information content (AvgIpc) is 2.98. The Morgan fingerprint density at radius 1 is 0.638 bits per heavy atom. The van der Waals surface area contributed by atoms with Gasteiger partial charge in [-0.1, -0.05) is 0 Å². The van der Waals surface area contributed by atoms with Gasteiger partial charge < -0.3 is 60.1 Å². The lowest BCUT2D eigenvalue weighted by molar-refractivity contribution is -0.143. The first-order chi connectivity index (χ1) is 22.0. The summed E-state index contributed by atoms with van der Waals surface area (Å²) in [6.45, 7) is 0.205. The molecule has 0 aromatic carbocycles. The van der Waals surface area contributed by atoms with Crippen LogP contribution in [0.15, 0.2) is 4.99 Å². The number of carbonyl (C=O) groups excluding carboxylic acids is 6. The van der Waals surface area contributed by atoms with Gasteiger partial charge in [-0.05, 0) is 50.5 Å². The Labute approximate surface area is 275 Å². The number of carboxylic acid groups (broad SMARTS) is 2. The lowest BCUT2D eigenvalue weighted by Crippen LogP contribution is -2.58. The summed E-state index contributed by atoms with van der Waals surface area (Å²) in [6, 6.07) is -6.86. The molecule has 20 nitrogen and oxygen atoms in total. The normalized spacial score (nSPS) is 13.8. The number of carboxylic acids is 2. The van der Waals surface area contributed by atoms with Crippen LogP contribution in [0.25, 0.3) is 0 Å². The van der Waals surface area contributed by atoms with Gasteiger partial charge in [0.1, 0.15) is 24.2 Å². The maximum absolute atomic E-state index is 13.3. The third-order valence-corrected chi connectivity index (χ3v) is 7.08. The summed E-state index contributed by atoms with van der Waals surface area (Å²) in [5.41, 5.74) is 26.7. The van der Waals surface area contributed by atoms with Gasteiger partial charge in [0.05, 0.1) is 6.04 Å². The van der Waals surface area contributed by atoms with Gasteiger partial charge in [0.25, 0.3) is 0 Å². The molecule has 0 saturated carbocycles. The molecule has 0 aromatic rings. The van der Waals surface area contributed by atoms with Crippen molar-refractivity contribution in [1.29, 1.82) is 0 Å². The number of thioether (sulfide) groups is 1. The van der Waals surface area contributed by atoms with Gasteiger partial charge in [-0.2, -0.15) is 11.8 Å². The molecule has 0 rings (SSSR count). The molecule has 47 heavy (non-hydrogen) atoms. The molecule has 0 unspecified atom stereocenters. The smallest absolute Gasteiger partial charge is 0.326 e. The molecule has 5 atom stereocenters. The lowest BCUT2D eigenvalue weighted by Gasteiger charge is -2.26. The maximum Gasteiger partial charge on any atom is 0.326 e. The number of amides is 6. The minimum Gasteiger partial charge on any atom is -0.481 e. The van der Waals surface area contributed by atoms with Crippen LogP contribution in [0.1, 0.15) is 57.8 Å². The number of hydrogen-bond acceptors (Lipinski definition) is 11. The monoisotopic (exact) mass is 690 g/mol. The Bertz CT molecular complexity index is 1150. The second kappa shape index (κ2) is 22.8. The van der Waals surface area contributed by atoms with Crippen molar-refractivity contribution >= 4 is 65.1 Å². The molecule has 0 radical (unpaired) electrons. The van der Waals surface area contributed by atoms with Crippen molar-refractivity contribution < 1.29 is 48.6 Å². The van der Waals surface area contributed by atoms with Crippen LogP contribution in [-0.2, 0) is 38.4 Å². The Morgan fingerprint density at radius 3 is 1.49 bits per heavy atom. The molecule has 6 amide bonds. The molecule has 0 spiro atoms. The second-order valence-corrected chi connectivity index (χ2v) is 11.3. The van der Waals surface area contributed by atoms with Crippen LogP contribution in [-0.4, -0.2) is 112 Å². The number of carbonyl (C=O) groups is 8. The molecule has 16 N–H and O–H groups in total. The summed E-state index contributed by atoms with van der Waals surface area (Å²) in [5, 5.41) is 28.0. The maximum atomic E-state index is 13.3. The third-order valence-electron chi connectivity index (χ3n) is 6.43. The largest absolute Gasteiger partial charge is 0.481 e. The molecule has 0 aliphatic heterocycles. The molecule has 0 aromatic heterocycles. The lowest BCUT2D eigenvalue weighted by atomic mass is 10.1. The molecule has 0 aliphatic rings. The van der Waals surface area contributed by atoms with Gasteiger partial charge in [-0.15, -0.1) is 0 Å². The van der Waals surface area contributed by atoms with E-state index in [0.717, 1.165) is 0 Å². The van der Waals surface area contributed by atoms with E-state index in [1.165, 1.54) is 11.8 Å². The van der Waals surface area contributed by atoms with Crippen LogP contribution in [0.4, 0.5) is 0 Å². The number of primary amides is 2. The van der Waals surface area contributed by atoms with Gasteiger partial charge in [0, 0.05) is 25.8 Å². The van der Waals surface area contributed by atoms with Crippen molar-refractivity contribution in [3.63, 3.8) is 0 Å². The molecule has 0 aliphatic carbocycles. The average molecular weight is 691 g/mol. The fourth-order valence-corrected chi connectivity index (χ4v) is 4.36. The Kier molecular flexibility index (Phi) is 20.5.